The fraction of sp³-hybridized carbons (Fsp3) is 0.391. The van der Waals surface area contributed by atoms with Crippen LogP contribution in [0.2, 0.25) is 0 Å². The lowest BCUT2D eigenvalue weighted by atomic mass is 9.83. The molecule has 0 radical (unpaired) electrons. The molecule has 1 aromatic carbocycles. The lowest BCUT2D eigenvalue weighted by Crippen LogP contribution is -2.42. The predicted molar refractivity (Wildman–Crippen MR) is 120 cm³/mol. The van der Waals surface area contributed by atoms with Crippen LogP contribution in [0.1, 0.15) is 30.4 Å². The number of hydrogen-bond donors (Lipinski definition) is 1. The van der Waals surface area contributed by atoms with Crippen molar-refractivity contribution in [3.05, 3.63) is 54.0 Å². The second kappa shape index (κ2) is 8.75. The summed E-state index contributed by atoms with van der Waals surface area (Å²) < 4.78 is 1.68. The number of carbonyl (C=O) groups is 1. The zero-order chi connectivity index (χ0) is 21.1. The predicted octanol–water partition coefficient (Wildman–Crippen LogP) is 3.23. The molecule has 7 heteroatoms. The van der Waals surface area contributed by atoms with E-state index in [4.69, 9.17) is 0 Å². The number of pyridine rings is 1. The monoisotopic (exact) mass is 404 g/mol. The number of carbonyl (C=O) groups excluding carboxylic acids is 1. The Balaban J connectivity index is 1.53. The molecule has 7 nitrogen and oxygen atoms in total. The second-order valence-corrected chi connectivity index (χ2v) is 8.28. The Hall–Kier alpha value is -3.06. The first kappa shape index (κ1) is 20.2. The van der Waals surface area contributed by atoms with Crippen LogP contribution in [0.3, 0.4) is 0 Å². The molecule has 1 fully saturated rings. The van der Waals surface area contributed by atoms with Crippen LogP contribution >= 0.6 is 0 Å². The molecule has 0 unspecified atom stereocenters. The molecule has 156 valence electrons. The molecule has 4 rings (SSSR count). The zero-order valence-electron chi connectivity index (χ0n) is 17.6. The summed E-state index contributed by atoms with van der Waals surface area (Å²) in [6.07, 6.45) is 6.40. The first-order chi connectivity index (χ1) is 14.5. The molecular weight excluding hydrogens is 376 g/mol. The third-order valence-corrected chi connectivity index (χ3v) is 5.70. The van der Waals surface area contributed by atoms with Gasteiger partial charge in [0, 0.05) is 37.9 Å². The molecule has 1 N–H and O–H groups in total. The van der Waals surface area contributed by atoms with Crippen LogP contribution < -0.4 is 5.32 Å². The van der Waals surface area contributed by atoms with Crippen LogP contribution in [0.4, 0.5) is 5.69 Å². The summed E-state index contributed by atoms with van der Waals surface area (Å²) in [6.45, 7) is 8.61. The first-order valence-electron chi connectivity index (χ1n) is 10.3. The second-order valence-electron chi connectivity index (χ2n) is 8.28. The molecule has 3 aromatic rings. The Bertz CT molecular complexity index is 1060. The summed E-state index contributed by atoms with van der Waals surface area (Å²) >= 11 is 0. The number of aliphatic imine (C=N–C) groups is 1. The molecule has 1 aliphatic rings. The van der Waals surface area contributed by atoms with Crippen LogP contribution in [0.15, 0.2) is 47.8 Å². The average Bonchev–Trinajstić information content (AvgIpc) is 3.12. The summed E-state index contributed by atoms with van der Waals surface area (Å²) in [7, 11) is 1.84. The fourth-order valence-corrected chi connectivity index (χ4v) is 4.56. The van der Waals surface area contributed by atoms with Crippen LogP contribution in [0.5, 0.6) is 0 Å². The van der Waals surface area contributed by atoms with E-state index < -0.39 is 0 Å². The molecule has 3 heterocycles. The van der Waals surface area contributed by atoms with Gasteiger partial charge in [0.15, 0.2) is 0 Å². The largest absolute Gasteiger partial charge is 0.322 e. The quantitative estimate of drug-likeness (QED) is 0.640. The van der Waals surface area contributed by atoms with Crippen molar-refractivity contribution < 1.29 is 4.79 Å². The molecule has 1 amide bonds. The van der Waals surface area contributed by atoms with Gasteiger partial charge in [-0.25, -0.2) is 0 Å². The van der Waals surface area contributed by atoms with E-state index in [1.165, 1.54) is 10.9 Å². The number of nitrogens with zero attached hydrogens (tertiary/aromatic N) is 5. The Morgan fingerprint density at radius 1 is 1.33 bits per heavy atom. The lowest BCUT2D eigenvalue weighted by Gasteiger charge is -2.36. The number of fused-ring (bicyclic) bond motifs is 1. The van der Waals surface area contributed by atoms with Gasteiger partial charge in [-0.2, -0.15) is 5.10 Å². The van der Waals surface area contributed by atoms with Gasteiger partial charge in [0.25, 0.3) is 0 Å². The standard InChI is InChI=1S/C23H28N6O/c1-16-9-18(13-29(12-16)15-22(30)27-19-11-26-28(3)14-19)20-7-6-17(10-24-2)23-21(20)5-4-8-25-23/h4-8,11,14,16,18H,2,9-10,12-13,15H2,1,3H3,(H,27,30)/t16-,18-/m1/s1. The van der Waals surface area contributed by atoms with Crippen LogP contribution in [-0.2, 0) is 18.4 Å². The molecule has 2 atom stereocenters. The number of piperidine rings is 1. The highest BCUT2D eigenvalue weighted by molar-refractivity contribution is 5.92. The minimum atomic E-state index is -0.00483. The van der Waals surface area contributed by atoms with Gasteiger partial charge in [-0.3, -0.25) is 24.4 Å². The van der Waals surface area contributed by atoms with E-state index in [1.54, 1.807) is 17.1 Å². The highest BCUT2D eigenvalue weighted by atomic mass is 16.2. The summed E-state index contributed by atoms with van der Waals surface area (Å²) in [5.74, 6) is 0.864. The number of aromatic nitrogens is 3. The topological polar surface area (TPSA) is 75.4 Å². The maximum Gasteiger partial charge on any atom is 0.238 e. The van der Waals surface area contributed by atoms with Crippen molar-refractivity contribution in [2.24, 2.45) is 18.0 Å². The van der Waals surface area contributed by atoms with Crippen molar-refractivity contribution in [1.82, 2.24) is 19.7 Å². The van der Waals surface area contributed by atoms with Crippen molar-refractivity contribution in [1.29, 1.82) is 0 Å². The van der Waals surface area contributed by atoms with E-state index in [0.29, 0.717) is 24.9 Å². The Morgan fingerprint density at radius 3 is 2.97 bits per heavy atom. The number of benzene rings is 1. The van der Waals surface area contributed by atoms with Gasteiger partial charge < -0.3 is 5.32 Å². The third-order valence-electron chi connectivity index (χ3n) is 5.70. The SMILES string of the molecule is C=NCc1ccc([C@@H]2C[C@@H](C)CN(CC(=O)Nc3cnn(C)c3)C2)c2cccnc12. The molecule has 0 aliphatic carbocycles. The van der Waals surface area contributed by atoms with Crippen molar-refractivity contribution >= 4 is 29.2 Å². The highest BCUT2D eigenvalue weighted by Gasteiger charge is 2.28. The molecule has 2 aromatic heterocycles. The fourth-order valence-electron chi connectivity index (χ4n) is 4.56. The number of nitrogens with one attached hydrogen (secondary N) is 1. The number of likely N-dealkylation sites (tertiary alicyclic amines) is 1. The van der Waals surface area contributed by atoms with Gasteiger partial charge in [-0.15, -0.1) is 0 Å². The van der Waals surface area contributed by atoms with Crippen molar-refractivity contribution in [2.75, 3.05) is 25.0 Å². The zero-order valence-corrected chi connectivity index (χ0v) is 17.6. The molecule has 0 bridgehead atoms. The van der Waals surface area contributed by atoms with E-state index >= 15 is 0 Å². The molecule has 1 saturated heterocycles. The van der Waals surface area contributed by atoms with Crippen LogP contribution in [0.25, 0.3) is 10.9 Å². The van der Waals surface area contributed by atoms with Crippen LogP contribution in [0, 0.1) is 5.92 Å². The molecule has 30 heavy (non-hydrogen) atoms. The van der Waals surface area contributed by atoms with Gasteiger partial charge in [0.2, 0.25) is 5.91 Å². The Morgan fingerprint density at radius 2 is 2.20 bits per heavy atom. The van der Waals surface area contributed by atoms with Gasteiger partial charge >= 0.3 is 0 Å². The van der Waals surface area contributed by atoms with Crippen LogP contribution in [-0.4, -0.2) is 51.9 Å². The summed E-state index contributed by atoms with van der Waals surface area (Å²) in [5, 5.41) is 8.22. The molecule has 1 aliphatic heterocycles. The van der Waals surface area contributed by atoms with E-state index in [-0.39, 0.29) is 5.91 Å². The first-order valence-corrected chi connectivity index (χ1v) is 10.3. The number of anilines is 1. The lowest BCUT2D eigenvalue weighted by molar-refractivity contribution is -0.117. The van der Waals surface area contributed by atoms with E-state index in [1.807, 2.05) is 19.3 Å². The number of amides is 1. The van der Waals surface area contributed by atoms with E-state index in [0.717, 1.165) is 36.3 Å². The average molecular weight is 405 g/mol. The summed E-state index contributed by atoms with van der Waals surface area (Å²) in [6, 6.07) is 8.46. The minimum Gasteiger partial charge on any atom is -0.322 e. The maximum absolute atomic E-state index is 12.6. The van der Waals surface area contributed by atoms with Crippen molar-refractivity contribution in [2.45, 2.75) is 25.8 Å². The van der Waals surface area contributed by atoms with E-state index in [9.17, 15) is 4.79 Å². The molecule has 0 spiro atoms. The van der Waals surface area contributed by atoms with Crippen molar-refractivity contribution in [3.63, 3.8) is 0 Å². The van der Waals surface area contributed by atoms with E-state index in [2.05, 4.69) is 57.1 Å². The number of aryl methyl sites for hydroxylation is 1. The maximum atomic E-state index is 12.6. The number of rotatable bonds is 6. The molecule has 0 saturated carbocycles. The summed E-state index contributed by atoms with van der Waals surface area (Å²) in [5.41, 5.74) is 4.13. The summed E-state index contributed by atoms with van der Waals surface area (Å²) in [4.78, 5) is 23.5. The minimum absolute atomic E-state index is 0.00483. The Labute approximate surface area is 176 Å². The third kappa shape index (κ3) is 4.41. The van der Waals surface area contributed by atoms with Gasteiger partial charge in [0.1, 0.15) is 0 Å². The normalized spacial score (nSPS) is 19.7. The van der Waals surface area contributed by atoms with Crippen molar-refractivity contribution in [3.8, 4) is 0 Å². The van der Waals surface area contributed by atoms with Gasteiger partial charge in [0.05, 0.1) is 30.5 Å². The van der Waals surface area contributed by atoms with Gasteiger partial charge in [-0.1, -0.05) is 25.1 Å². The van der Waals surface area contributed by atoms with Gasteiger partial charge in [-0.05, 0) is 42.2 Å². The highest BCUT2D eigenvalue weighted by Crippen LogP contribution is 2.35. The molecular formula is C23H28N6O. The smallest absolute Gasteiger partial charge is 0.238 e. The number of hydrogen-bond acceptors (Lipinski definition) is 5. The Kier molecular flexibility index (Phi) is 5.90.